The fourth-order valence-electron chi connectivity index (χ4n) is 2.16. The number of nitrogens with two attached hydrogens (primary N) is 1. The average molecular weight is 259 g/mol. The number of furan rings is 1. The second-order valence-electron chi connectivity index (χ2n) is 4.94. The Morgan fingerprint density at radius 3 is 2.68 bits per heavy atom. The monoisotopic (exact) mass is 259 g/mol. The molecule has 0 unspecified atom stereocenters. The van der Waals surface area contributed by atoms with Gasteiger partial charge in [0.2, 0.25) is 0 Å². The Morgan fingerprint density at radius 1 is 1.26 bits per heavy atom. The lowest BCUT2D eigenvalue weighted by atomic mass is 10.2. The van der Waals surface area contributed by atoms with Crippen LogP contribution in [0.4, 0.5) is 0 Å². The van der Waals surface area contributed by atoms with Gasteiger partial charge >= 0.3 is 0 Å². The first-order valence-electron chi connectivity index (χ1n) is 6.48. The summed E-state index contributed by atoms with van der Waals surface area (Å²) in [4.78, 5) is 6.74. The number of nitrogens with zero attached hydrogens (tertiary/aromatic N) is 2. The minimum Gasteiger partial charge on any atom is -0.465 e. The fraction of sp³-hybridized carbons (Fsp3) is 0.400. The van der Waals surface area contributed by atoms with E-state index in [0.29, 0.717) is 6.54 Å². The van der Waals surface area contributed by atoms with Gasteiger partial charge in [0.15, 0.2) is 0 Å². The molecule has 2 aromatic heterocycles. The van der Waals surface area contributed by atoms with Gasteiger partial charge in [0.1, 0.15) is 11.5 Å². The highest BCUT2D eigenvalue weighted by molar-refractivity contribution is 5.20. The van der Waals surface area contributed by atoms with E-state index in [1.807, 2.05) is 32.0 Å². The number of aromatic nitrogens is 1. The van der Waals surface area contributed by atoms with Gasteiger partial charge in [-0.25, -0.2) is 0 Å². The van der Waals surface area contributed by atoms with Crippen LogP contribution in [0.25, 0.3) is 0 Å². The highest BCUT2D eigenvalue weighted by atomic mass is 16.3. The van der Waals surface area contributed by atoms with Gasteiger partial charge in [-0.15, -0.1) is 0 Å². The van der Waals surface area contributed by atoms with Crippen LogP contribution in [-0.4, -0.2) is 16.9 Å². The number of rotatable bonds is 5. The molecule has 2 heterocycles. The van der Waals surface area contributed by atoms with Crippen molar-refractivity contribution in [3.63, 3.8) is 0 Å². The Balaban J connectivity index is 2.00. The lowest BCUT2D eigenvalue weighted by Gasteiger charge is -2.15. The molecule has 19 heavy (non-hydrogen) atoms. The van der Waals surface area contributed by atoms with E-state index in [2.05, 4.69) is 23.0 Å². The Morgan fingerprint density at radius 2 is 2.05 bits per heavy atom. The van der Waals surface area contributed by atoms with Crippen LogP contribution in [0.15, 0.2) is 28.7 Å². The van der Waals surface area contributed by atoms with Crippen molar-refractivity contribution in [1.82, 2.24) is 9.88 Å². The molecule has 0 spiro atoms. The van der Waals surface area contributed by atoms with Crippen LogP contribution in [0.2, 0.25) is 0 Å². The zero-order valence-corrected chi connectivity index (χ0v) is 11.8. The molecule has 0 saturated carbocycles. The normalized spacial score (nSPS) is 11.2. The molecule has 2 N–H and O–H groups in total. The largest absolute Gasteiger partial charge is 0.465 e. The summed E-state index contributed by atoms with van der Waals surface area (Å²) < 4.78 is 5.57. The van der Waals surface area contributed by atoms with Gasteiger partial charge in [0.25, 0.3) is 0 Å². The molecule has 0 aliphatic rings. The van der Waals surface area contributed by atoms with E-state index in [1.165, 1.54) is 5.56 Å². The maximum Gasteiger partial charge on any atom is 0.118 e. The molecule has 0 amide bonds. The van der Waals surface area contributed by atoms with Crippen LogP contribution in [0.1, 0.15) is 28.5 Å². The van der Waals surface area contributed by atoms with Crippen LogP contribution in [0, 0.1) is 13.8 Å². The number of hydrogen-bond donors (Lipinski definition) is 1. The summed E-state index contributed by atoms with van der Waals surface area (Å²) in [5.41, 5.74) is 8.91. The SMILES string of the molecule is Cc1cccc(CN(C)Cc2cc(CN)oc2C)n1. The summed E-state index contributed by atoms with van der Waals surface area (Å²) in [6.45, 7) is 6.10. The lowest BCUT2D eigenvalue weighted by Crippen LogP contribution is -2.18. The quantitative estimate of drug-likeness (QED) is 0.895. The Kier molecular flexibility index (Phi) is 4.35. The van der Waals surface area contributed by atoms with Crippen molar-refractivity contribution in [2.45, 2.75) is 33.5 Å². The molecule has 0 bridgehead atoms. The van der Waals surface area contributed by atoms with E-state index in [9.17, 15) is 0 Å². The molecule has 0 aliphatic carbocycles. The van der Waals surface area contributed by atoms with E-state index in [1.54, 1.807) is 0 Å². The smallest absolute Gasteiger partial charge is 0.118 e. The first kappa shape index (κ1) is 13.8. The zero-order chi connectivity index (χ0) is 13.8. The van der Waals surface area contributed by atoms with E-state index < -0.39 is 0 Å². The van der Waals surface area contributed by atoms with Crippen LogP contribution >= 0.6 is 0 Å². The molecule has 4 nitrogen and oxygen atoms in total. The Hall–Kier alpha value is -1.65. The summed E-state index contributed by atoms with van der Waals surface area (Å²) in [5.74, 6) is 1.79. The summed E-state index contributed by atoms with van der Waals surface area (Å²) in [6.07, 6.45) is 0. The first-order chi connectivity index (χ1) is 9.08. The standard InChI is InChI=1S/C15H21N3O/c1-11-5-4-6-14(17-11)10-18(3)9-13-7-15(8-16)19-12(13)2/h4-7H,8-10,16H2,1-3H3. The molecular formula is C15H21N3O. The molecule has 4 heteroatoms. The summed E-state index contributed by atoms with van der Waals surface area (Å²) in [6, 6.07) is 8.14. The van der Waals surface area contributed by atoms with Gasteiger partial charge in [-0.1, -0.05) is 6.07 Å². The third-order valence-corrected chi connectivity index (χ3v) is 3.09. The highest BCUT2D eigenvalue weighted by Crippen LogP contribution is 2.16. The minimum atomic E-state index is 0.448. The van der Waals surface area contributed by atoms with Crippen LogP contribution in [0.5, 0.6) is 0 Å². The van der Waals surface area contributed by atoms with E-state index >= 15 is 0 Å². The third-order valence-electron chi connectivity index (χ3n) is 3.09. The topological polar surface area (TPSA) is 55.3 Å². The summed E-state index contributed by atoms with van der Waals surface area (Å²) in [7, 11) is 2.08. The molecule has 102 valence electrons. The molecule has 0 fully saturated rings. The summed E-state index contributed by atoms with van der Waals surface area (Å²) in [5, 5.41) is 0. The van der Waals surface area contributed by atoms with Crippen molar-refractivity contribution in [1.29, 1.82) is 0 Å². The van der Waals surface area contributed by atoms with Crippen LogP contribution in [0.3, 0.4) is 0 Å². The van der Waals surface area contributed by atoms with Crippen molar-refractivity contribution in [3.05, 3.63) is 52.7 Å². The van der Waals surface area contributed by atoms with Crippen molar-refractivity contribution in [2.75, 3.05) is 7.05 Å². The number of hydrogen-bond acceptors (Lipinski definition) is 4. The van der Waals surface area contributed by atoms with Crippen molar-refractivity contribution >= 4 is 0 Å². The molecule has 0 radical (unpaired) electrons. The second kappa shape index (κ2) is 5.99. The second-order valence-corrected chi connectivity index (χ2v) is 4.94. The molecule has 2 rings (SSSR count). The summed E-state index contributed by atoms with van der Waals surface area (Å²) >= 11 is 0. The Labute approximate surface area is 114 Å². The van der Waals surface area contributed by atoms with E-state index in [0.717, 1.165) is 36.0 Å². The maximum atomic E-state index is 5.59. The fourth-order valence-corrected chi connectivity index (χ4v) is 2.16. The van der Waals surface area contributed by atoms with Crippen LogP contribution < -0.4 is 5.73 Å². The number of pyridine rings is 1. The van der Waals surface area contributed by atoms with E-state index in [4.69, 9.17) is 10.2 Å². The van der Waals surface area contributed by atoms with Gasteiger partial charge in [-0.2, -0.15) is 0 Å². The van der Waals surface area contributed by atoms with E-state index in [-0.39, 0.29) is 0 Å². The van der Waals surface area contributed by atoms with Gasteiger partial charge in [0, 0.05) is 24.3 Å². The minimum absolute atomic E-state index is 0.448. The van der Waals surface area contributed by atoms with Crippen molar-refractivity contribution < 1.29 is 4.42 Å². The predicted molar refractivity (Wildman–Crippen MR) is 75.5 cm³/mol. The molecule has 0 aromatic carbocycles. The van der Waals surface area contributed by atoms with Gasteiger partial charge in [-0.3, -0.25) is 9.88 Å². The molecule has 0 atom stereocenters. The van der Waals surface area contributed by atoms with Gasteiger partial charge in [0.05, 0.1) is 12.2 Å². The average Bonchev–Trinajstić information content (AvgIpc) is 2.70. The molecule has 0 saturated heterocycles. The van der Waals surface area contributed by atoms with Crippen molar-refractivity contribution in [3.8, 4) is 0 Å². The maximum absolute atomic E-state index is 5.59. The number of aryl methyl sites for hydroxylation is 2. The molecule has 2 aromatic rings. The van der Waals surface area contributed by atoms with Gasteiger partial charge < -0.3 is 10.2 Å². The zero-order valence-electron chi connectivity index (χ0n) is 11.8. The van der Waals surface area contributed by atoms with Gasteiger partial charge in [-0.05, 0) is 39.1 Å². The highest BCUT2D eigenvalue weighted by Gasteiger charge is 2.09. The van der Waals surface area contributed by atoms with Crippen LogP contribution in [-0.2, 0) is 19.6 Å². The lowest BCUT2D eigenvalue weighted by molar-refractivity contribution is 0.312. The third kappa shape index (κ3) is 3.66. The first-order valence-corrected chi connectivity index (χ1v) is 6.48. The van der Waals surface area contributed by atoms with Crippen molar-refractivity contribution in [2.24, 2.45) is 5.73 Å². The predicted octanol–water partition coefficient (Wildman–Crippen LogP) is 2.38. The molecule has 0 aliphatic heterocycles. The Bertz CT molecular complexity index is 548. The molecular weight excluding hydrogens is 238 g/mol.